The van der Waals surface area contributed by atoms with Crippen molar-refractivity contribution in [3.05, 3.63) is 68.8 Å². The summed E-state index contributed by atoms with van der Waals surface area (Å²) < 4.78 is 5.80. The molecule has 1 unspecified atom stereocenters. The Morgan fingerprint density at radius 2 is 1.74 bits per heavy atom. The van der Waals surface area contributed by atoms with Gasteiger partial charge in [0.25, 0.3) is 0 Å². The molecule has 182 valence electrons. The minimum absolute atomic E-state index is 0.0995. The summed E-state index contributed by atoms with van der Waals surface area (Å²) in [5, 5.41) is 8.58. The van der Waals surface area contributed by atoms with Crippen molar-refractivity contribution >= 4 is 17.7 Å². The number of rotatable bonds is 2. The van der Waals surface area contributed by atoms with Crippen LogP contribution in [-0.2, 0) is 17.6 Å². The molecule has 1 aromatic carbocycles. The lowest BCUT2D eigenvalue weighted by Gasteiger charge is -2.39. The number of carbonyl (C=O) groups excluding carboxylic acids is 1. The fraction of sp³-hybridized carbons (Fsp3) is 0.520. The summed E-state index contributed by atoms with van der Waals surface area (Å²) in [6.45, 7) is 2.99. The number of aryl methyl sites for hydroxylation is 2. The van der Waals surface area contributed by atoms with E-state index >= 15 is 0 Å². The molecule has 0 radical (unpaired) electrons. The van der Waals surface area contributed by atoms with E-state index in [4.69, 9.17) is 31.4 Å². The van der Waals surface area contributed by atoms with E-state index in [2.05, 4.69) is 35.2 Å². The maximum absolute atomic E-state index is 12.7. The number of piperazine rings is 1. The zero-order chi connectivity index (χ0) is 23.9. The van der Waals surface area contributed by atoms with Crippen LogP contribution in [0.15, 0.2) is 41.9 Å². The SMILES string of the molecule is O=C(OC1CCCCC1)N1CCN(C2c3ccccc3CCc3cc(Cl)cnc32)CC1.O=NO. The van der Waals surface area contributed by atoms with Crippen LogP contribution < -0.4 is 0 Å². The number of benzene rings is 1. The molecule has 9 heteroatoms. The van der Waals surface area contributed by atoms with Gasteiger partial charge in [-0.05, 0) is 61.3 Å². The van der Waals surface area contributed by atoms with Crippen molar-refractivity contribution in [2.24, 2.45) is 5.34 Å². The second kappa shape index (κ2) is 11.6. The Bertz CT molecular complexity index is 991. The summed E-state index contributed by atoms with van der Waals surface area (Å²) in [5.74, 6) is 0. The van der Waals surface area contributed by atoms with Crippen molar-refractivity contribution < 1.29 is 14.7 Å². The van der Waals surface area contributed by atoms with E-state index in [-0.39, 0.29) is 18.2 Å². The molecule has 1 atom stereocenters. The Labute approximate surface area is 204 Å². The number of halogens is 1. The number of fused-ring (bicyclic) bond motifs is 2. The van der Waals surface area contributed by atoms with Crippen LogP contribution in [0.25, 0.3) is 0 Å². The molecular weight excluding hydrogens is 456 g/mol. The molecule has 2 heterocycles. The second-order valence-electron chi connectivity index (χ2n) is 9.05. The topological polar surface area (TPSA) is 95.3 Å². The predicted octanol–water partition coefficient (Wildman–Crippen LogP) is 5.15. The quantitative estimate of drug-likeness (QED) is 0.465. The average Bonchev–Trinajstić information content (AvgIpc) is 3.02. The number of hydrogen-bond donors (Lipinski definition) is 1. The van der Waals surface area contributed by atoms with Gasteiger partial charge in [-0.1, -0.05) is 42.3 Å². The van der Waals surface area contributed by atoms with Crippen LogP contribution in [0.3, 0.4) is 0 Å². The van der Waals surface area contributed by atoms with Gasteiger partial charge in [0.2, 0.25) is 0 Å². The number of hydrogen-bond acceptors (Lipinski definition) is 6. The van der Waals surface area contributed by atoms with E-state index < -0.39 is 0 Å². The largest absolute Gasteiger partial charge is 0.446 e. The van der Waals surface area contributed by atoms with Crippen molar-refractivity contribution in [1.82, 2.24) is 14.8 Å². The van der Waals surface area contributed by atoms with Gasteiger partial charge in [-0.3, -0.25) is 9.88 Å². The molecule has 1 N–H and O–H groups in total. The van der Waals surface area contributed by atoms with E-state index in [0.717, 1.165) is 44.5 Å². The number of pyridine rings is 1. The first-order valence-electron chi connectivity index (χ1n) is 12.0. The molecular formula is C25H31ClN4O4. The molecule has 0 bridgehead atoms. The predicted molar refractivity (Wildman–Crippen MR) is 129 cm³/mol. The van der Waals surface area contributed by atoms with Crippen molar-refractivity contribution in [1.29, 1.82) is 0 Å². The summed E-state index contributed by atoms with van der Waals surface area (Å²) in [4.78, 5) is 29.9. The molecule has 2 fully saturated rings. The van der Waals surface area contributed by atoms with E-state index in [9.17, 15) is 4.79 Å². The third-order valence-electron chi connectivity index (χ3n) is 7.00. The summed E-state index contributed by atoms with van der Waals surface area (Å²) in [6.07, 6.45) is 9.29. The molecule has 1 aliphatic heterocycles. The maximum atomic E-state index is 12.7. The minimum atomic E-state index is -0.141. The highest BCUT2D eigenvalue weighted by molar-refractivity contribution is 6.30. The Kier molecular flexibility index (Phi) is 8.34. The number of amides is 1. The van der Waals surface area contributed by atoms with Crippen molar-refractivity contribution in [2.75, 3.05) is 26.2 Å². The second-order valence-corrected chi connectivity index (χ2v) is 9.48. The van der Waals surface area contributed by atoms with Crippen molar-refractivity contribution in [2.45, 2.75) is 57.1 Å². The normalized spacial score (nSPS) is 20.7. The molecule has 8 nitrogen and oxygen atoms in total. The van der Waals surface area contributed by atoms with Gasteiger partial charge in [0.15, 0.2) is 5.34 Å². The number of carbonyl (C=O) groups is 1. The van der Waals surface area contributed by atoms with Crippen LogP contribution in [0.1, 0.15) is 60.5 Å². The fourth-order valence-corrected chi connectivity index (χ4v) is 5.50. The van der Waals surface area contributed by atoms with Crippen LogP contribution >= 0.6 is 11.6 Å². The van der Waals surface area contributed by atoms with E-state index in [1.54, 1.807) is 6.20 Å². The first kappa shape index (κ1) is 24.4. The smallest absolute Gasteiger partial charge is 0.410 e. The molecule has 34 heavy (non-hydrogen) atoms. The first-order chi connectivity index (χ1) is 16.6. The van der Waals surface area contributed by atoms with E-state index in [1.807, 2.05) is 4.90 Å². The van der Waals surface area contributed by atoms with Crippen LogP contribution in [0.5, 0.6) is 0 Å². The lowest BCUT2D eigenvalue weighted by Crippen LogP contribution is -2.50. The molecule has 0 spiro atoms. The maximum Gasteiger partial charge on any atom is 0.410 e. The van der Waals surface area contributed by atoms with Gasteiger partial charge in [-0.25, -0.2) is 4.79 Å². The number of aromatic nitrogens is 1. The van der Waals surface area contributed by atoms with E-state index in [0.29, 0.717) is 18.1 Å². The zero-order valence-electron chi connectivity index (χ0n) is 19.2. The van der Waals surface area contributed by atoms with Crippen molar-refractivity contribution in [3.8, 4) is 0 Å². The van der Waals surface area contributed by atoms with Gasteiger partial charge in [-0.2, -0.15) is 0 Å². The van der Waals surface area contributed by atoms with E-state index in [1.165, 1.54) is 41.3 Å². The van der Waals surface area contributed by atoms with Crippen LogP contribution in [-0.4, -0.2) is 58.4 Å². The van der Waals surface area contributed by atoms with Gasteiger partial charge < -0.3 is 14.8 Å². The molecule has 1 aromatic heterocycles. The zero-order valence-corrected chi connectivity index (χ0v) is 20.0. The molecule has 3 aliphatic rings. The summed E-state index contributed by atoms with van der Waals surface area (Å²) in [5.41, 5.74) is 5.04. The van der Waals surface area contributed by atoms with Gasteiger partial charge in [0.1, 0.15) is 6.10 Å². The number of ether oxygens (including phenoxy) is 1. The Morgan fingerprint density at radius 1 is 1.06 bits per heavy atom. The fourth-order valence-electron chi connectivity index (χ4n) is 5.32. The van der Waals surface area contributed by atoms with Crippen molar-refractivity contribution in [3.63, 3.8) is 0 Å². The summed E-state index contributed by atoms with van der Waals surface area (Å²) in [7, 11) is 0. The Morgan fingerprint density at radius 3 is 2.47 bits per heavy atom. The Hall–Kier alpha value is -2.71. The average molecular weight is 487 g/mol. The molecule has 1 saturated heterocycles. The standard InChI is InChI=1S/C25H30ClN3O2.HNO2/c26-20-16-19-11-10-18-6-4-5-9-22(18)24(23(19)27-17-20)28-12-14-29(15-13-28)25(30)31-21-7-2-1-3-8-21;2-1-3/h4-6,9,16-17,21,24H,1-3,7-8,10-15H2;(H,2,3). The first-order valence-corrected chi connectivity index (χ1v) is 12.4. The Balaban J connectivity index is 0.000000868. The number of nitrogens with zero attached hydrogens (tertiary/aromatic N) is 4. The van der Waals surface area contributed by atoms with Crippen LogP contribution in [0.4, 0.5) is 4.79 Å². The van der Waals surface area contributed by atoms with Gasteiger partial charge >= 0.3 is 6.09 Å². The minimum Gasteiger partial charge on any atom is -0.446 e. The lowest BCUT2D eigenvalue weighted by molar-refractivity contribution is 0.0292. The highest BCUT2D eigenvalue weighted by Gasteiger charge is 2.34. The lowest BCUT2D eigenvalue weighted by atomic mass is 9.96. The molecule has 1 amide bonds. The van der Waals surface area contributed by atoms with Gasteiger partial charge in [0.05, 0.1) is 16.8 Å². The highest BCUT2D eigenvalue weighted by atomic mass is 35.5. The molecule has 2 aromatic rings. The van der Waals surface area contributed by atoms with Gasteiger partial charge in [-0.15, -0.1) is 4.91 Å². The summed E-state index contributed by atoms with van der Waals surface area (Å²) in [6, 6.07) is 10.9. The highest BCUT2D eigenvalue weighted by Crippen LogP contribution is 2.37. The molecule has 1 saturated carbocycles. The molecule has 2 aliphatic carbocycles. The summed E-state index contributed by atoms with van der Waals surface area (Å²) >= 11 is 6.27. The van der Waals surface area contributed by atoms with Crippen LogP contribution in [0.2, 0.25) is 5.02 Å². The van der Waals surface area contributed by atoms with Crippen LogP contribution in [0, 0.1) is 4.91 Å². The third kappa shape index (κ3) is 5.67. The van der Waals surface area contributed by atoms with Gasteiger partial charge in [0, 0.05) is 32.4 Å². The monoisotopic (exact) mass is 486 g/mol. The molecule has 5 rings (SSSR count). The third-order valence-corrected chi connectivity index (χ3v) is 7.20.